The maximum Gasteiger partial charge on any atom is 0.125 e. The van der Waals surface area contributed by atoms with Crippen LogP contribution in [0.15, 0.2) is 12.1 Å². The van der Waals surface area contributed by atoms with E-state index in [9.17, 15) is 5.11 Å². The molecule has 1 rings (SSSR count). The highest BCUT2D eigenvalue weighted by molar-refractivity contribution is 5.47. The van der Waals surface area contributed by atoms with Crippen molar-refractivity contribution in [3.63, 3.8) is 0 Å². The molecule has 0 heterocycles. The van der Waals surface area contributed by atoms with Crippen LogP contribution < -0.4 is 15.2 Å². The van der Waals surface area contributed by atoms with E-state index in [2.05, 4.69) is 0 Å². The van der Waals surface area contributed by atoms with E-state index in [1.54, 1.807) is 14.2 Å². The minimum atomic E-state index is -0.576. The lowest BCUT2D eigenvalue weighted by molar-refractivity contribution is 0.169. The van der Waals surface area contributed by atoms with E-state index >= 15 is 0 Å². The normalized spacial score (nSPS) is 12.3. The first-order chi connectivity index (χ1) is 7.63. The summed E-state index contributed by atoms with van der Waals surface area (Å²) in [7, 11) is 3.20. The third-order valence-corrected chi connectivity index (χ3v) is 2.60. The largest absolute Gasteiger partial charge is 0.496 e. The molecule has 0 spiro atoms. The predicted octanol–water partition coefficient (Wildman–Crippen LogP) is 1.39. The van der Waals surface area contributed by atoms with E-state index in [1.807, 2.05) is 19.1 Å². The summed E-state index contributed by atoms with van der Waals surface area (Å²) in [5.41, 5.74) is 7.11. The molecule has 90 valence electrons. The topological polar surface area (TPSA) is 64.7 Å². The Morgan fingerprint density at radius 1 is 1.25 bits per heavy atom. The fraction of sp³-hybridized carbons (Fsp3) is 0.500. The number of rotatable bonds is 5. The Labute approximate surface area is 96.0 Å². The average molecular weight is 225 g/mol. The van der Waals surface area contributed by atoms with Gasteiger partial charge in [0.25, 0.3) is 0 Å². The predicted molar refractivity (Wildman–Crippen MR) is 62.9 cm³/mol. The minimum absolute atomic E-state index is 0.444. The second-order valence-electron chi connectivity index (χ2n) is 3.64. The Bertz CT molecular complexity index is 327. The van der Waals surface area contributed by atoms with Crippen molar-refractivity contribution >= 4 is 0 Å². The molecular weight excluding hydrogens is 206 g/mol. The molecule has 0 aliphatic heterocycles. The summed E-state index contributed by atoms with van der Waals surface area (Å²) < 4.78 is 10.5. The van der Waals surface area contributed by atoms with E-state index in [1.165, 1.54) is 0 Å². The fourth-order valence-electron chi connectivity index (χ4n) is 1.62. The molecule has 0 saturated carbocycles. The Morgan fingerprint density at radius 3 is 2.12 bits per heavy atom. The first-order valence-electron chi connectivity index (χ1n) is 5.24. The van der Waals surface area contributed by atoms with Crippen LogP contribution in [-0.4, -0.2) is 25.9 Å². The maximum atomic E-state index is 9.86. The van der Waals surface area contributed by atoms with Crippen LogP contribution in [0.2, 0.25) is 0 Å². The SMILES string of the molecule is COc1cc([C@H](O)CCN)cc(OC)c1C. The van der Waals surface area contributed by atoms with Crippen LogP contribution in [-0.2, 0) is 0 Å². The summed E-state index contributed by atoms with van der Waals surface area (Å²) >= 11 is 0. The highest BCUT2D eigenvalue weighted by Crippen LogP contribution is 2.32. The van der Waals surface area contributed by atoms with Crippen LogP contribution in [0.4, 0.5) is 0 Å². The molecule has 16 heavy (non-hydrogen) atoms. The molecule has 1 atom stereocenters. The first-order valence-corrected chi connectivity index (χ1v) is 5.24. The lowest BCUT2D eigenvalue weighted by atomic mass is 10.0. The van der Waals surface area contributed by atoms with Crippen molar-refractivity contribution in [2.45, 2.75) is 19.4 Å². The van der Waals surface area contributed by atoms with Crippen molar-refractivity contribution in [2.75, 3.05) is 20.8 Å². The Balaban J connectivity index is 3.11. The van der Waals surface area contributed by atoms with Gasteiger partial charge in [-0.15, -0.1) is 0 Å². The average Bonchev–Trinajstić information content (AvgIpc) is 2.29. The number of methoxy groups -OCH3 is 2. The lowest BCUT2D eigenvalue weighted by Crippen LogP contribution is -2.07. The molecule has 0 radical (unpaired) electrons. The summed E-state index contributed by atoms with van der Waals surface area (Å²) in [6.45, 7) is 2.36. The van der Waals surface area contributed by atoms with Crippen molar-refractivity contribution in [3.05, 3.63) is 23.3 Å². The summed E-state index contributed by atoms with van der Waals surface area (Å²) in [6, 6.07) is 3.64. The molecule has 0 aliphatic rings. The minimum Gasteiger partial charge on any atom is -0.496 e. The molecule has 3 N–H and O–H groups in total. The van der Waals surface area contributed by atoms with Gasteiger partial charge in [0.1, 0.15) is 11.5 Å². The molecule has 0 amide bonds. The number of aliphatic hydroxyl groups is 1. The molecule has 4 nitrogen and oxygen atoms in total. The van der Waals surface area contributed by atoms with Crippen molar-refractivity contribution in [1.29, 1.82) is 0 Å². The van der Waals surface area contributed by atoms with Crippen LogP contribution in [0, 0.1) is 6.92 Å². The highest BCUT2D eigenvalue weighted by atomic mass is 16.5. The van der Waals surface area contributed by atoms with Gasteiger partial charge in [-0.25, -0.2) is 0 Å². The molecule has 0 aromatic heterocycles. The Hall–Kier alpha value is -1.26. The summed E-state index contributed by atoms with van der Waals surface area (Å²) in [5.74, 6) is 1.43. The quantitative estimate of drug-likeness (QED) is 0.795. The molecule has 0 fully saturated rings. The van der Waals surface area contributed by atoms with E-state index in [0.29, 0.717) is 24.5 Å². The summed E-state index contributed by atoms with van der Waals surface area (Å²) in [4.78, 5) is 0. The summed E-state index contributed by atoms with van der Waals surface area (Å²) in [6.07, 6.45) is -0.0524. The number of ether oxygens (including phenoxy) is 2. The van der Waals surface area contributed by atoms with Gasteiger partial charge in [0.15, 0.2) is 0 Å². The molecule has 1 aromatic rings. The zero-order valence-corrected chi connectivity index (χ0v) is 9.99. The zero-order valence-electron chi connectivity index (χ0n) is 9.99. The molecule has 0 bridgehead atoms. The van der Waals surface area contributed by atoms with Crippen molar-refractivity contribution in [3.8, 4) is 11.5 Å². The number of nitrogens with two attached hydrogens (primary N) is 1. The van der Waals surface area contributed by atoms with Gasteiger partial charge in [-0.05, 0) is 37.6 Å². The van der Waals surface area contributed by atoms with Crippen LogP contribution in [0.1, 0.15) is 23.7 Å². The third-order valence-electron chi connectivity index (χ3n) is 2.60. The van der Waals surface area contributed by atoms with Gasteiger partial charge in [0.2, 0.25) is 0 Å². The molecule has 1 aromatic carbocycles. The fourth-order valence-corrected chi connectivity index (χ4v) is 1.62. The molecule has 0 unspecified atom stereocenters. The molecular formula is C12H19NO3. The van der Waals surface area contributed by atoms with E-state index in [4.69, 9.17) is 15.2 Å². The number of hydrogen-bond donors (Lipinski definition) is 2. The molecule has 0 saturated heterocycles. The van der Waals surface area contributed by atoms with Gasteiger partial charge in [-0.2, -0.15) is 0 Å². The summed E-state index contributed by atoms with van der Waals surface area (Å²) in [5, 5.41) is 9.86. The molecule has 4 heteroatoms. The monoisotopic (exact) mass is 225 g/mol. The van der Waals surface area contributed by atoms with Crippen LogP contribution >= 0.6 is 0 Å². The first kappa shape index (κ1) is 12.8. The highest BCUT2D eigenvalue weighted by Gasteiger charge is 2.13. The van der Waals surface area contributed by atoms with Gasteiger partial charge in [0, 0.05) is 5.56 Å². The number of hydrogen-bond acceptors (Lipinski definition) is 4. The second kappa shape index (κ2) is 5.72. The van der Waals surface area contributed by atoms with E-state index < -0.39 is 6.10 Å². The third kappa shape index (κ3) is 2.65. The smallest absolute Gasteiger partial charge is 0.125 e. The van der Waals surface area contributed by atoms with Gasteiger partial charge in [-0.3, -0.25) is 0 Å². The van der Waals surface area contributed by atoms with Gasteiger partial charge in [0.05, 0.1) is 20.3 Å². The maximum absolute atomic E-state index is 9.86. The van der Waals surface area contributed by atoms with Crippen LogP contribution in [0.3, 0.4) is 0 Å². The van der Waals surface area contributed by atoms with E-state index in [-0.39, 0.29) is 0 Å². The standard InChI is InChI=1S/C12H19NO3/c1-8-11(15-2)6-9(7-12(8)16-3)10(14)4-5-13/h6-7,10,14H,4-5,13H2,1-3H3/t10-/m1/s1. The zero-order chi connectivity index (χ0) is 12.1. The lowest BCUT2D eigenvalue weighted by Gasteiger charge is -2.15. The Kier molecular flexibility index (Phi) is 4.58. The Morgan fingerprint density at radius 2 is 1.75 bits per heavy atom. The number of benzene rings is 1. The molecule has 0 aliphatic carbocycles. The van der Waals surface area contributed by atoms with E-state index in [0.717, 1.165) is 11.1 Å². The second-order valence-corrected chi connectivity index (χ2v) is 3.64. The van der Waals surface area contributed by atoms with Crippen molar-refractivity contribution < 1.29 is 14.6 Å². The van der Waals surface area contributed by atoms with Gasteiger partial charge < -0.3 is 20.3 Å². The van der Waals surface area contributed by atoms with Crippen LogP contribution in [0.5, 0.6) is 11.5 Å². The number of aliphatic hydroxyl groups excluding tert-OH is 1. The van der Waals surface area contributed by atoms with Gasteiger partial charge >= 0.3 is 0 Å². The van der Waals surface area contributed by atoms with Crippen molar-refractivity contribution in [2.24, 2.45) is 5.73 Å². The van der Waals surface area contributed by atoms with Crippen LogP contribution in [0.25, 0.3) is 0 Å². The van der Waals surface area contributed by atoms with Gasteiger partial charge in [-0.1, -0.05) is 0 Å². The van der Waals surface area contributed by atoms with Crippen molar-refractivity contribution in [1.82, 2.24) is 0 Å².